The number of rotatable bonds is 5. The highest BCUT2D eigenvalue weighted by molar-refractivity contribution is 7.86. The lowest BCUT2D eigenvalue weighted by Crippen LogP contribution is -2.65. The van der Waals surface area contributed by atoms with Crippen molar-refractivity contribution in [3.8, 4) is 11.8 Å². The number of carbonyl (C=O) groups is 1. The molecule has 3 atom stereocenters. The van der Waals surface area contributed by atoms with Crippen molar-refractivity contribution in [1.82, 2.24) is 14.9 Å². The van der Waals surface area contributed by atoms with Gasteiger partial charge < -0.3 is 14.1 Å². The van der Waals surface area contributed by atoms with Gasteiger partial charge in [-0.05, 0) is 49.0 Å². The van der Waals surface area contributed by atoms with E-state index in [1.807, 2.05) is 6.92 Å². The zero-order chi connectivity index (χ0) is 23.8. The highest BCUT2D eigenvalue weighted by Gasteiger charge is 2.60. The summed E-state index contributed by atoms with van der Waals surface area (Å²) in [5.41, 5.74) is 1.17. The number of hydrogen-bond acceptors (Lipinski definition) is 6. The first kappa shape index (κ1) is 22.5. The maximum absolute atomic E-state index is 13.5. The number of carbonyl (C=O) groups excluding carboxylic acids is 1. The fourth-order valence-corrected chi connectivity index (χ4v) is 7.62. The molecule has 0 aromatic carbocycles. The molecule has 1 N–H and O–H groups in total. The molecule has 3 unspecified atom stereocenters. The van der Waals surface area contributed by atoms with Gasteiger partial charge in [-0.3, -0.25) is 4.79 Å². The van der Waals surface area contributed by atoms with Gasteiger partial charge in [0.15, 0.2) is 5.75 Å². The molecular weight excluding hydrogens is 464 g/mol. The molecule has 2 aromatic heterocycles. The maximum Gasteiger partial charge on any atom is 0.306 e. The van der Waals surface area contributed by atoms with Crippen molar-refractivity contribution in [3.63, 3.8) is 0 Å². The molecule has 0 radical (unpaired) electrons. The Bertz CT molecular complexity index is 1280. The van der Waals surface area contributed by atoms with Crippen molar-refractivity contribution >= 4 is 38.7 Å². The van der Waals surface area contributed by atoms with Gasteiger partial charge in [0.25, 0.3) is 0 Å². The molecule has 4 bridgehead atoms. The van der Waals surface area contributed by atoms with E-state index in [0.717, 1.165) is 43.9 Å². The number of aromatic nitrogens is 2. The number of H-pyrrole nitrogens is 1. The lowest BCUT2D eigenvalue weighted by molar-refractivity contribution is -0.163. The number of hydrogen-bond donors (Lipinski definition) is 1. The summed E-state index contributed by atoms with van der Waals surface area (Å²) in [5, 5.41) is 10.6. The number of nitrogens with one attached hydrogen (secondary N) is 1. The summed E-state index contributed by atoms with van der Waals surface area (Å²) in [6.45, 7) is 4.22. The van der Waals surface area contributed by atoms with E-state index in [1.54, 1.807) is 6.20 Å². The Morgan fingerprint density at radius 2 is 2.06 bits per heavy atom. The molecule has 8 nitrogen and oxygen atoms in total. The summed E-state index contributed by atoms with van der Waals surface area (Å²) in [5.74, 6) is -0.113. The van der Waals surface area contributed by atoms with Crippen molar-refractivity contribution < 1.29 is 17.4 Å². The van der Waals surface area contributed by atoms with Crippen LogP contribution >= 0.6 is 11.6 Å². The zero-order valence-electron chi connectivity index (χ0n) is 18.9. The van der Waals surface area contributed by atoms with Gasteiger partial charge in [0.05, 0.1) is 29.0 Å². The second-order valence-corrected chi connectivity index (χ2v) is 12.6. The molecule has 2 aromatic rings. The third-order valence-electron chi connectivity index (χ3n) is 7.68. The van der Waals surface area contributed by atoms with E-state index in [2.05, 4.69) is 27.9 Å². The second-order valence-electron chi connectivity index (χ2n) is 10.6. The first-order valence-corrected chi connectivity index (χ1v) is 13.4. The van der Waals surface area contributed by atoms with Crippen LogP contribution in [0.3, 0.4) is 0 Å². The monoisotopic (exact) mass is 490 g/mol. The summed E-state index contributed by atoms with van der Waals surface area (Å²) in [6.07, 6.45) is 8.68. The molecule has 6 rings (SSSR count). The number of piperidine rings is 2. The Labute approximate surface area is 198 Å². The van der Waals surface area contributed by atoms with Crippen LogP contribution in [-0.4, -0.2) is 47.5 Å². The van der Waals surface area contributed by atoms with Crippen LogP contribution in [-0.2, 0) is 14.9 Å². The molecule has 2 saturated heterocycles. The summed E-state index contributed by atoms with van der Waals surface area (Å²) in [7, 11) is -3.76. The van der Waals surface area contributed by atoms with Gasteiger partial charge in [0, 0.05) is 30.1 Å². The SMILES string of the molecule is CC(CC(=O)N1C2CC3(C)CC1CC(C#N)(C2)C3)c1c[nH]c2ncc(OS(C)(=O)=O)c(Cl)c12. The van der Waals surface area contributed by atoms with Crippen molar-refractivity contribution in [2.24, 2.45) is 10.8 Å². The molecule has 0 spiro atoms. The largest absolute Gasteiger partial charge is 0.379 e. The lowest BCUT2D eigenvalue weighted by atomic mass is 9.50. The molecule has 4 aliphatic rings. The van der Waals surface area contributed by atoms with Gasteiger partial charge >= 0.3 is 10.1 Å². The van der Waals surface area contributed by atoms with Crippen molar-refractivity contribution in [1.29, 1.82) is 5.26 Å². The second kappa shape index (κ2) is 7.34. The summed E-state index contributed by atoms with van der Waals surface area (Å²) < 4.78 is 28.1. The fourth-order valence-electron chi connectivity index (χ4n) is 6.84. The lowest BCUT2D eigenvalue weighted by Gasteiger charge is -2.63. The Hall–Kier alpha value is -2.31. The van der Waals surface area contributed by atoms with E-state index >= 15 is 0 Å². The van der Waals surface area contributed by atoms with Crippen LogP contribution in [0.1, 0.15) is 63.9 Å². The fraction of sp³-hybridized carbons (Fsp3) is 0.609. The third-order valence-corrected chi connectivity index (χ3v) is 8.53. The highest BCUT2D eigenvalue weighted by atomic mass is 35.5. The minimum Gasteiger partial charge on any atom is -0.379 e. The molecule has 1 amide bonds. The van der Waals surface area contributed by atoms with Crippen LogP contribution in [0.2, 0.25) is 5.02 Å². The predicted octanol–water partition coefficient (Wildman–Crippen LogP) is 4.12. The number of halogens is 1. The average molecular weight is 491 g/mol. The van der Waals surface area contributed by atoms with Gasteiger partial charge in [-0.15, -0.1) is 0 Å². The molecule has 2 saturated carbocycles. The number of fused-ring (bicyclic) bond motifs is 1. The number of pyridine rings is 1. The zero-order valence-corrected chi connectivity index (χ0v) is 20.5. The van der Waals surface area contributed by atoms with Gasteiger partial charge in [0.1, 0.15) is 5.65 Å². The van der Waals surface area contributed by atoms with Crippen LogP contribution in [0.15, 0.2) is 12.4 Å². The quantitative estimate of drug-likeness (QED) is 0.630. The minimum absolute atomic E-state index is 0.0362. The predicted molar refractivity (Wildman–Crippen MR) is 123 cm³/mol. The molecular formula is C23H27ClN4O4S. The molecule has 33 heavy (non-hydrogen) atoms. The van der Waals surface area contributed by atoms with E-state index in [0.29, 0.717) is 17.5 Å². The number of amides is 1. The topological polar surface area (TPSA) is 116 Å². The van der Waals surface area contributed by atoms with Gasteiger partial charge in [-0.25, -0.2) is 4.98 Å². The van der Waals surface area contributed by atoms with Crippen molar-refractivity contribution in [3.05, 3.63) is 23.0 Å². The van der Waals surface area contributed by atoms with Crippen LogP contribution < -0.4 is 4.18 Å². The third kappa shape index (κ3) is 3.77. The van der Waals surface area contributed by atoms with E-state index in [4.69, 9.17) is 15.8 Å². The molecule has 2 aliphatic heterocycles. The highest BCUT2D eigenvalue weighted by Crippen LogP contribution is 2.61. The van der Waals surface area contributed by atoms with E-state index in [1.165, 1.54) is 6.20 Å². The van der Waals surface area contributed by atoms with Crippen LogP contribution in [0.4, 0.5) is 0 Å². The summed E-state index contributed by atoms with van der Waals surface area (Å²) in [6, 6.07) is 2.83. The Morgan fingerprint density at radius 1 is 1.39 bits per heavy atom. The van der Waals surface area contributed by atoms with E-state index in [9.17, 15) is 18.5 Å². The number of aromatic amines is 1. The molecule has 176 valence electrons. The standard InChI is InChI=1S/C23H27ClN4O4S/c1-13(16-9-26-21-19(16)20(24)17(10-27-21)32-33(3,30)31)4-18(29)28-14-5-22(2)6-15(28)8-23(7-14,11-22)12-25/h9-10,13-15H,4-8,11H2,1-3H3,(H,26,27). The molecule has 4 heterocycles. The Kier molecular flexibility index (Phi) is 5.00. The first-order valence-electron chi connectivity index (χ1n) is 11.2. The Balaban J connectivity index is 1.39. The number of nitriles is 1. The molecule has 4 fully saturated rings. The van der Waals surface area contributed by atoms with Crippen LogP contribution in [0, 0.1) is 22.2 Å². The summed E-state index contributed by atoms with van der Waals surface area (Å²) >= 11 is 6.49. The maximum atomic E-state index is 13.5. The molecule has 10 heteroatoms. The van der Waals surface area contributed by atoms with Crippen LogP contribution in [0.5, 0.6) is 5.75 Å². The minimum atomic E-state index is -3.76. The van der Waals surface area contributed by atoms with Gasteiger partial charge in [0.2, 0.25) is 5.91 Å². The average Bonchev–Trinajstić information content (AvgIpc) is 3.12. The van der Waals surface area contributed by atoms with Crippen molar-refractivity contribution in [2.75, 3.05) is 6.26 Å². The van der Waals surface area contributed by atoms with Crippen molar-refractivity contribution in [2.45, 2.75) is 70.4 Å². The number of nitrogens with zero attached hydrogens (tertiary/aromatic N) is 3. The smallest absolute Gasteiger partial charge is 0.306 e. The van der Waals surface area contributed by atoms with Gasteiger partial charge in [-0.2, -0.15) is 13.7 Å². The molecule has 2 aliphatic carbocycles. The van der Waals surface area contributed by atoms with Crippen LogP contribution in [0.25, 0.3) is 11.0 Å². The first-order chi connectivity index (χ1) is 15.4. The summed E-state index contributed by atoms with van der Waals surface area (Å²) in [4.78, 5) is 22.8. The van der Waals surface area contributed by atoms with E-state index in [-0.39, 0.29) is 45.5 Å². The Morgan fingerprint density at radius 3 is 2.67 bits per heavy atom. The normalized spacial score (nSPS) is 31.5. The van der Waals surface area contributed by atoms with Gasteiger partial charge in [-0.1, -0.05) is 25.4 Å². The van der Waals surface area contributed by atoms with E-state index < -0.39 is 10.1 Å².